The smallest absolute Gasteiger partial charge is 0.228 e. The summed E-state index contributed by atoms with van der Waals surface area (Å²) in [7, 11) is 0. The molecule has 2 fully saturated rings. The highest BCUT2D eigenvalue weighted by molar-refractivity contribution is 5.80. The van der Waals surface area contributed by atoms with Crippen LogP contribution in [0.25, 0.3) is 0 Å². The van der Waals surface area contributed by atoms with Gasteiger partial charge in [-0.3, -0.25) is 4.79 Å². The Morgan fingerprint density at radius 1 is 1.54 bits per heavy atom. The molecule has 0 aromatic heterocycles. The first-order chi connectivity index (χ1) is 6.11. The Morgan fingerprint density at radius 2 is 2.31 bits per heavy atom. The summed E-state index contributed by atoms with van der Waals surface area (Å²) in [6.07, 6.45) is 2.04. The average molecular weight is 183 g/mol. The topological polar surface area (TPSA) is 29.5 Å². The van der Waals surface area contributed by atoms with Crippen LogP contribution in [0.1, 0.15) is 26.7 Å². The quantitative estimate of drug-likeness (QED) is 0.607. The second-order valence-corrected chi connectivity index (χ2v) is 4.61. The van der Waals surface area contributed by atoms with Gasteiger partial charge in [-0.15, -0.1) is 0 Å². The molecule has 74 valence electrons. The van der Waals surface area contributed by atoms with Gasteiger partial charge in [0.05, 0.1) is 12.5 Å². The average Bonchev–Trinajstić information content (AvgIpc) is 2.54. The number of hydrogen-bond donors (Lipinski definition) is 0. The lowest BCUT2D eigenvalue weighted by Crippen LogP contribution is -2.59. The molecule has 0 aromatic rings. The van der Waals surface area contributed by atoms with E-state index in [-0.39, 0.29) is 11.5 Å². The molecule has 0 radical (unpaired) electrons. The Labute approximate surface area is 79.0 Å². The van der Waals surface area contributed by atoms with Gasteiger partial charge in [-0.25, -0.2) is 0 Å². The summed E-state index contributed by atoms with van der Waals surface area (Å²) in [6.45, 7) is 6.58. The van der Waals surface area contributed by atoms with Gasteiger partial charge in [0.2, 0.25) is 5.91 Å². The van der Waals surface area contributed by atoms with Gasteiger partial charge in [0.15, 0.2) is 0 Å². The van der Waals surface area contributed by atoms with Gasteiger partial charge < -0.3 is 9.64 Å². The lowest BCUT2D eigenvalue weighted by atomic mass is 9.87. The van der Waals surface area contributed by atoms with Gasteiger partial charge >= 0.3 is 0 Å². The van der Waals surface area contributed by atoms with Crippen molar-refractivity contribution in [2.24, 2.45) is 5.92 Å². The van der Waals surface area contributed by atoms with Crippen LogP contribution in [0.15, 0.2) is 0 Å². The van der Waals surface area contributed by atoms with E-state index in [1.165, 1.54) is 0 Å². The van der Waals surface area contributed by atoms with E-state index in [1.807, 2.05) is 4.90 Å². The molecule has 1 amide bonds. The van der Waals surface area contributed by atoms with Crippen molar-refractivity contribution in [1.29, 1.82) is 0 Å². The van der Waals surface area contributed by atoms with Crippen molar-refractivity contribution in [1.82, 2.24) is 4.90 Å². The first-order valence-corrected chi connectivity index (χ1v) is 5.00. The van der Waals surface area contributed by atoms with E-state index in [4.69, 9.17) is 4.74 Å². The van der Waals surface area contributed by atoms with Gasteiger partial charge in [-0.1, -0.05) is 0 Å². The molecular weight excluding hydrogens is 166 g/mol. The Hall–Kier alpha value is -0.570. The van der Waals surface area contributed by atoms with Crippen molar-refractivity contribution in [3.63, 3.8) is 0 Å². The summed E-state index contributed by atoms with van der Waals surface area (Å²) >= 11 is 0. The number of carbonyl (C=O) groups excluding carboxylic acids is 1. The number of likely N-dealkylation sites (tertiary alicyclic amines) is 1. The molecule has 2 heterocycles. The second-order valence-electron chi connectivity index (χ2n) is 4.61. The van der Waals surface area contributed by atoms with Crippen LogP contribution in [0.5, 0.6) is 0 Å². The number of ether oxygens (including phenoxy) is 1. The van der Waals surface area contributed by atoms with Crippen LogP contribution in [0, 0.1) is 5.92 Å². The highest BCUT2D eigenvalue weighted by atomic mass is 16.5. The van der Waals surface area contributed by atoms with Crippen LogP contribution >= 0.6 is 0 Å². The first-order valence-electron chi connectivity index (χ1n) is 5.00. The van der Waals surface area contributed by atoms with Gasteiger partial charge in [-0.05, 0) is 26.7 Å². The lowest BCUT2D eigenvalue weighted by Gasteiger charge is -2.49. The van der Waals surface area contributed by atoms with Crippen LogP contribution in [0.2, 0.25) is 0 Å². The van der Waals surface area contributed by atoms with E-state index in [2.05, 4.69) is 13.8 Å². The number of amides is 1. The van der Waals surface area contributed by atoms with Crippen LogP contribution in [0.4, 0.5) is 0 Å². The highest BCUT2D eigenvalue weighted by Gasteiger charge is 2.42. The fraction of sp³-hybridized carbons (Fsp3) is 0.900. The highest BCUT2D eigenvalue weighted by Crippen LogP contribution is 2.32. The number of nitrogens with zero attached hydrogens (tertiary/aromatic N) is 1. The largest absolute Gasteiger partial charge is 0.381 e. The van der Waals surface area contributed by atoms with Crippen molar-refractivity contribution in [2.75, 3.05) is 19.8 Å². The van der Waals surface area contributed by atoms with Gasteiger partial charge in [0, 0.05) is 18.7 Å². The van der Waals surface area contributed by atoms with Crippen molar-refractivity contribution in [3.05, 3.63) is 0 Å². The molecule has 0 spiro atoms. The minimum atomic E-state index is 0.0969. The van der Waals surface area contributed by atoms with E-state index in [9.17, 15) is 4.79 Å². The van der Waals surface area contributed by atoms with Gasteiger partial charge in [-0.2, -0.15) is 0 Å². The fourth-order valence-corrected chi connectivity index (χ4v) is 2.03. The van der Waals surface area contributed by atoms with Crippen LogP contribution in [0.3, 0.4) is 0 Å². The molecule has 3 nitrogen and oxygen atoms in total. The SMILES string of the molecule is CC1(C)CCN1C(=O)C1CCOC1. The van der Waals surface area contributed by atoms with Crippen LogP contribution < -0.4 is 0 Å². The second kappa shape index (κ2) is 2.98. The normalized spacial score (nSPS) is 31.5. The standard InChI is InChI=1S/C10H17NO2/c1-10(2)4-5-11(10)9(12)8-3-6-13-7-8/h8H,3-7H2,1-2H3. The van der Waals surface area contributed by atoms with Gasteiger partial charge in [0.25, 0.3) is 0 Å². The third-order valence-electron chi connectivity index (χ3n) is 3.22. The van der Waals surface area contributed by atoms with E-state index < -0.39 is 0 Å². The summed E-state index contributed by atoms with van der Waals surface area (Å²) in [5.74, 6) is 0.438. The van der Waals surface area contributed by atoms with E-state index >= 15 is 0 Å². The molecule has 0 saturated carbocycles. The minimum Gasteiger partial charge on any atom is -0.381 e. The molecule has 2 aliphatic heterocycles. The minimum absolute atomic E-state index is 0.0969. The van der Waals surface area contributed by atoms with Crippen molar-refractivity contribution in [3.8, 4) is 0 Å². The molecule has 0 N–H and O–H groups in total. The van der Waals surface area contributed by atoms with E-state index in [0.29, 0.717) is 12.5 Å². The third-order valence-corrected chi connectivity index (χ3v) is 3.22. The summed E-state index contributed by atoms with van der Waals surface area (Å²) in [6, 6.07) is 0. The molecule has 1 unspecified atom stereocenters. The van der Waals surface area contributed by atoms with E-state index in [0.717, 1.165) is 26.0 Å². The Kier molecular flexibility index (Phi) is 2.06. The molecule has 3 heteroatoms. The zero-order valence-corrected chi connectivity index (χ0v) is 8.38. The van der Waals surface area contributed by atoms with E-state index in [1.54, 1.807) is 0 Å². The number of carbonyl (C=O) groups is 1. The molecule has 2 rings (SSSR count). The predicted octanol–water partition coefficient (Wildman–Crippen LogP) is 1.03. The first kappa shape index (κ1) is 9.00. The Bertz CT molecular complexity index is 219. The zero-order valence-electron chi connectivity index (χ0n) is 8.38. The molecule has 0 aromatic carbocycles. The third kappa shape index (κ3) is 1.46. The van der Waals surface area contributed by atoms with Crippen molar-refractivity contribution < 1.29 is 9.53 Å². The predicted molar refractivity (Wildman–Crippen MR) is 49.3 cm³/mol. The van der Waals surface area contributed by atoms with Crippen molar-refractivity contribution in [2.45, 2.75) is 32.2 Å². The molecule has 0 aliphatic carbocycles. The molecule has 0 bridgehead atoms. The van der Waals surface area contributed by atoms with Crippen LogP contribution in [-0.2, 0) is 9.53 Å². The Balaban J connectivity index is 1.97. The number of rotatable bonds is 1. The fourth-order valence-electron chi connectivity index (χ4n) is 2.03. The zero-order chi connectivity index (χ0) is 9.47. The molecular formula is C10H17NO2. The summed E-state index contributed by atoms with van der Waals surface area (Å²) < 4.78 is 5.22. The summed E-state index contributed by atoms with van der Waals surface area (Å²) in [5.41, 5.74) is 0.0969. The van der Waals surface area contributed by atoms with Crippen LogP contribution in [-0.4, -0.2) is 36.1 Å². The lowest BCUT2D eigenvalue weighted by molar-refractivity contribution is -0.149. The molecule has 13 heavy (non-hydrogen) atoms. The summed E-state index contributed by atoms with van der Waals surface area (Å²) in [5, 5.41) is 0. The number of hydrogen-bond acceptors (Lipinski definition) is 2. The maximum atomic E-state index is 11.9. The molecule has 1 atom stereocenters. The van der Waals surface area contributed by atoms with Crippen molar-refractivity contribution >= 4 is 5.91 Å². The monoisotopic (exact) mass is 183 g/mol. The van der Waals surface area contributed by atoms with Gasteiger partial charge in [0.1, 0.15) is 0 Å². The molecule has 2 saturated heterocycles. The summed E-state index contributed by atoms with van der Waals surface area (Å²) in [4.78, 5) is 13.9. The maximum absolute atomic E-state index is 11.9. The maximum Gasteiger partial charge on any atom is 0.228 e. The molecule has 2 aliphatic rings. The Morgan fingerprint density at radius 3 is 2.69 bits per heavy atom.